The summed E-state index contributed by atoms with van der Waals surface area (Å²) in [5.74, 6) is 3.01. The zero-order valence-electron chi connectivity index (χ0n) is 18.3. The molecule has 0 saturated carbocycles. The highest BCUT2D eigenvalue weighted by Gasteiger charge is 2.11. The lowest BCUT2D eigenvalue weighted by molar-refractivity contribution is 0.354. The highest BCUT2D eigenvalue weighted by atomic mass is 127. The Morgan fingerprint density at radius 2 is 1.81 bits per heavy atom. The fourth-order valence-corrected chi connectivity index (χ4v) is 3.13. The van der Waals surface area contributed by atoms with Crippen molar-refractivity contribution in [1.29, 1.82) is 0 Å². The van der Waals surface area contributed by atoms with Crippen molar-refractivity contribution < 1.29 is 14.0 Å². The fraction of sp³-hybridized carbons (Fsp3) is 0.304. The molecular formula is C23H29IN4O3. The highest BCUT2D eigenvalue weighted by Crippen LogP contribution is 2.27. The maximum atomic E-state index is 5.46. The number of benzene rings is 2. The quantitative estimate of drug-likeness (QED) is 0.264. The molecule has 1 heterocycles. The number of ether oxygens (including phenoxy) is 2. The lowest BCUT2D eigenvalue weighted by atomic mass is 10.1. The summed E-state index contributed by atoms with van der Waals surface area (Å²) in [6.07, 6.45) is 0.847. The summed E-state index contributed by atoms with van der Waals surface area (Å²) in [5.41, 5.74) is 3.00. The normalized spacial score (nSPS) is 10.9. The molecule has 0 atom stereocenters. The second kappa shape index (κ2) is 12.2. The summed E-state index contributed by atoms with van der Waals surface area (Å²) in [4.78, 5) is 6.45. The predicted molar refractivity (Wildman–Crippen MR) is 133 cm³/mol. The van der Waals surface area contributed by atoms with Gasteiger partial charge in [0.2, 0.25) is 0 Å². The Labute approximate surface area is 200 Å². The minimum Gasteiger partial charge on any atom is -0.493 e. The van der Waals surface area contributed by atoms with Crippen molar-refractivity contribution in [3.63, 3.8) is 0 Å². The molecule has 166 valence electrons. The van der Waals surface area contributed by atoms with Gasteiger partial charge in [-0.2, -0.15) is 0 Å². The van der Waals surface area contributed by atoms with Gasteiger partial charge in [-0.25, -0.2) is 0 Å². The van der Waals surface area contributed by atoms with Crippen LogP contribution in [-0.4, -0.2) is 50.9 Å². The number of rotatable bonds is 8. The molecule has 0 aliphatic carbocycles. The van der Waals surface area contributed by atoms with E-state index in [9.17, 15) is 0 Å². The van der Waals surface area contributed by atoms with Gasteiger partial charge < -0.3 is 24.2 Å². The second-order valence-corrected chi connectivity index (χ2v) is 6.81. The molecule has 3 aromatic rings. The van der Waals surface area contributed by atoms with Crippen molar-refractivity contribution in [3.8, 4) is 22.8 Å². The van der Waals surface area contributed by atoms with Crippen molar-refractivity contribution in [2.45, 2.75) is 13.0 Å². The van der Waals surface area contributed by atoms with Crippen molar-refractivity contribution >= 4 is 29.9 Å². The first-order valence-corrected chi connectivity index (χ1v) is 9.78. The van der Waals surface area contributed by atoms with Crippen LogP contribution in [0.4, 0.5) is 0 Å². The minimum absolute atomic E-state index is 0. The number of nitrogens with one attached hydrogen (secondary N) is 1. The molecule has 1 aromatic heterocycles. The van der Waals surface area contributed by atoms with E-state index in [-0.39, 0.29) is 24.0 Å². The molecule has 3 rings (SSSR count). The van der Waals surface area contributed by atoms with Crippen LogP contribution < -0.4 is 14.8 Å². The standard InChI is InChI=1S/C23H28N4O3.HI/c1-24-23(25-16-19-15-21(30-26-19)18-8-6-5-7-9-18)27(2)13-12-17-10-11-20(28-3)22(14-17)29-4;/h5-11,14-15H,12-13,16H2,1-4H3,(H,24,25);1H. The van der Waals surface area contributed by atoms with Gasteiger partial charge in [-0.05, 0) is 24.1 Å². The lowest BCUT2D eigenvalue weighted by Gasteiger charge is -2.22. The van der Waals surface area contributed by atoms with E-state index in [2.05, 4.69) is 20.4 Å². The number of aliphatic imine (C=N–C) groups is 1. The molecule has 31 heavy (non-hydrogen) atoms. The number of likely N-dealkylation sites (N-methyl/N-ethyl adjacent to an activating group) is 1. The van der Waals surface area contributed by atoms with Gasteiger partial charge in [-0.3, -0.25) is 4.99 Å². The zero-order valence-corrected chi connectivity index (χ0v) is 20.6. The van der Waals surface area contributed by atoms with E-state index < -0.39 is 0 Å². The van der Waals surface area contributed by atoms with E-state index in [0.29, 0.717) is 6.54 Å². The Bertz CT molecular complexity index is 976. The Hall–Kier alpha value is -2.75. The Kier molecular flexibility index (Phi) is 9.64. The van der Waals surface area contributed by atoms with E-state index in [1.807, 2.05) is 61.6 Å². The lowest BCUT2D eigenvalue weighted by Crippen LogP contribution is -2.39. The van der Waals surface area contributed by atoms with Gasteiger partial charge in [0.25, 0.3) is 0 Å². The number of methoxy groups -OCH3 is 2. The number of hydrogen-bond acceptors (Lipinski definition) is 5. The van der Waals surface area contributed by atoms with Crippen LogP contribution in [0.2, 0.25) is 0 Å². The fourth-order valence-electron chi connectivity index (χ4n) is 3.13. The van der Waals surface area contributed by atoms with Gasteiger partial charge in [0.1, 0.15) is 5.69 Å². The first-order chi connectivity index (χ1) is 14.6. The van der Waals surface area contributed by atoms with Gasteiger partial charge in [0, 0.05) is 32.3 Å². The summed E-state index contributed by atoms with van der Waals surface area (Å²) in [5, 5.41) is 7.49. The molecule has 0 fully saturated rings. The third kappa shape index (κ3) is 6.61. The predicted octanol–water partition coefficient (Wildman–Crippen LogP) is 4.23. The Balaban J connectivity index is 0.00000341. The third-order valence-electron chi connectivity index (χ3n) is 4.80. The van der Waals surface area contributed by atoms with Crippen molar-refractivity contribution in [3.05, 3.63) is 65.9 Å². The van der Waals surface area contributed by atoms with Gasteiger partial charge >= 0.3 is 0 Å². The van der Waals surface area contributed by atoms with E-state index in [1.165, 1.54) is 5.56 Å². The zero-order chi connectivity index (χ0) is 21.3. The van der Waals surface area contributed by atoms with Crippen LogP contribution in [0.1, 0.15) is 11.3 Å². The van der Waals surface area contributed by atoms with E-state index >= 15 is 0 Å². The number of nitrogens with zero attached hydrogens (tertiary/aromatic N) is 3. The summed E-state index contributed by atoms with van der Waals surface area (Å²) >= 11 is 0. The molecule has 8 heteroatoms. The molecule has 0 spiro atoms. The molecule has 0 amide bonds. The third-order valence-corrected chi connectivity index (χ3v) is 4.80. The maximum absolute atomic E-state index is 5.46. The SMILES string of the molecule is CN=C(NCc1cc(-c2ccccc2)on1)N(C)CCc1ccc(OC)c(OC)c1.I. The molecular weight excluding hydrogens is 507 g/mol. The maximum Gasteiger partial charge on any atom is 0.193 e. The molecule has 0 saturated heterocycles. The van der Waals surface area contributed by atoms with E-state index in [1.54, 1.807) is 21.3 Å². The van der Waals surface area contributed by atoms with Crippen LogP contribution in [0, 0.1) is 0 Å². The monoisotopic (exact) mass is 536 g/mol. The Morgan fingerprint density at radius 1 is 1.06 bits per heavy atom. The van der Waals surface area contributed by atoms with E-state index in [4.69, 9.17) is 14.0 Å². The molecule has 0 aliphatic rings. The second-order valence-electron chi connectivity index (χ2n) is 6.81. The van der Waals surface area contributed by atoms with Crippen LogP contribution in [0.5, 0.6) is 11.5 Å². The molecule has 0 unspecified atom stereocenters. The average molecular weight is 536 g/mol. The highest BCUT2D eigenvalue weighted by molar-refractivity contribution is 14.0. The summed E-state index contributed by atoms with van der Waals surface area (Å²) in [6.45, 7) is 1.33. The van der Waals surface area contributed by atoms with Crippen LogP contribution in [0.15, 0.2) is 64.1 Å². The van der Waals surface area contributed by atoms with Crippen LogP contribution in [-0.2, 0) is 13.0 Å². The number of hydrogen-bond donors (Lipinski definition) is 1. The largest absolute Gasteiger partial charge is 0.493 e. The molecule has 0 radical (unpaired) electrons. The van der Waals surface area contributed by atoms with Gasteiger partial charge in [0.05, 0.1) is 20.8 Å². The number of aromatic nitrogens is 1. The van der Waals surface area contributed by atoms with Crippen molar-refractivity contribution in [2.75, 3.05) is 34.9 Å². The van der Waals surface area contributed by atoms with Gasteiger partial charge in [-0.1, -0.05) is 41.6 Å². The smallest absolute Gasteiger partial charge is 0.193 e. The molecule has 0 aliphatic heterocycles. The van der Waals surface area contributed by atoms with Gasteiger partial charge in [0.15, 0.2) is 23.2 Å². The Morgan fingerprint density at radius 3 is 2.48 bits per heavy atom. The first kappa shape index (κ1) is 24.5. The molecule has 7 nitrogen and oxygen atoms in total. The average Bonchev–Trinajstić information content (AvgIpc) is 3.27. The van der Waals surface area contributed by atoms with Crippen LogP contribution >= 0.6 is 24.0 Å². The van der Waals surface area contributed by atoms with E-state index in [0.717, 1.165) is 47.4 Å². The van der Waals surface area contributed by atoms with Crippen LogP contribution in [0.3, 0.4) is 0 Å². The summed E-state index contributed by atoms with van der Waals surface area (Å²) in [6, 6.07) is 17.8. The number of guanidine groups is 1. The minimum atomic E-state index is 0. The molecule has 0 bridgehead atoms. The molecule has 2 aromatic carbocycles. The topological polar surface area (TPSA) is 72.1 Å². The summed E-state index contributed by atoms with van der Waals surface area (Å²) in [7, 11) is 7.06. The number of halogens is 1. The first-order valence-electron chi connectivity index (χ1n) is 9.78. The van der Waals surface area contributed by atoms with Crippen molar-refractivity contribution in [1.82, 2.24) is 15.4 Å². The van der Waals surface area contributed by atoms with Gasteiger partial charge in [-0.15, -0.1) is 24.0 Å². The summed E-state index contributed by atoms with van der Waals surface area (Å²) < 4.78 is 16.1. The van der Waals surface area contributed by atoms with Crippen LogP contribution in [0.25, 0.3) is 11.3 Å². The molecule has 1 N–H and O–H groups in total. The van der Waals surface area contributed by atoms with Crippen molar-refractivity contribution in [2.24, 2.45) is 4.99 Å².